The van der Waals surface area contributed by atoms with Crippen LogP contribution in [0.2, 0.25) is 0 Å². The largest absolute Gasteiger partial charge is 0.256 e. The number of fused-ring (bicyclic) bond motifs is 3. The Balaban J connectivity index is 1.15. The number of hydrogen-bond donors (Lipinski definition) is 0. The fraction of sp³-hybridized carbons (Fsp3) is 0. The van der Waals surface area contributed by atoms with Crippen molar-refractivity contribution >= 4 is 32.7 Å². The lowest BCUT2D eigenvalue weighted by molar-refractivity contribution is 1.28. The number of hydrogen-bond acceptors (Lipinski definition) is 4. The summed E-state index contributed by atoms with van der Waals surface area (Å²) in [5.41, 5.74) is 11.1. The molecule has 4 heteroatoms. The molecule has 0 spiro atoms. The van der Waals surface area contributed by atoms with Gasteiger partial charge in [0.2, 0.25) is 0 Å². The van der Waals surface area contributed by atoms with Crippen LogP contribution in [-0.2, 0) is 0 Å². The lowest BCUT2D eigenvalue weighted by Gasteiger charge is -2.09. The van der Waals surface area contributed by atoms with Gasteiger partial charge in [0.1, 0.15) is 0 Å². The van der Waals surface area contributed by atoms with Gasteiger partial charge in [-0.3, -0.25) is 9.97 Å². The summed E-state index contributed by atoms with van der Waals surface area (Å²) in [7, 11) is 0. The smallest absolute Gasteiger partial charge is 0.0893 e. The van der Waals surface area contributed by atoms with E-state index in [1.165, 1.54) is 0 Å². The van der Waals surface area contributed by atoms with Gasteiger partial charge in [-0.2, -0.15) is 0 Å². The molecule has 4 heterocycles. The van der Waals surface area contributed by atoms with Gasteiger partial charge in [0.15, 0.2) is 0 Å². The standard InChI is InChI=1S/C38H24N4/c1-2-9-33-30(6-1)21-32(24-40-33)27-7-5-8-31(20-27)34-17-15-25-11-13-28(22-37(25)41-34)29-14-12-26-16-18-36(42-38(26)23-29)35-10-3-4-19-39-35/h1-24H. The van der Waals surface area contributed by atoms with Crippen LogP contribution in [0, 0.1) is 0 Å². The zero-order valence-corrected chi connectivity index (χ0v) is 22.6. The van der Waals surface area contributed by atoms with Gasteiger partial charge in [-0.1, -0.05) is 78.9 Å². The van der Waals surface area contributed by atoms with Crippen molar-refractivity contribution < 1.29 is 0 Å². The molecular weight excluding hydrogens is 512 g/mol. The molecule has 0 N–H and O–H groups in total. The Hall–Kier alpha value is -5.74. The Morgan fingerprint density at radius 2 is 1.00 bits per heavy atom. The van der Waals surface area contributed by atoms with E-state index in [1.807, 2.05) is 48.7 Å². The zero-order valence-electron chi connectivity index (χ0n) is 22.6. The van der Waals surface area contributed by atoms with Gasteiger partial charge in [-0.15, -0.1) is 0 Å². The fourth-order valence-electron chi connectivity index (χ4n) is 5.50. The maximum absolute atomic E-state index is 5.09. The normalized spacial score (nSPS) is 11.3. The summed E-state index contributed by atoms with van der Waals surface area (Å²) < 4.78 is 0. The average Bonchev–Trinajstić information content (AvgIpc) is 3.07. The first-order valence-electron chi connectivity index (χ1n) is 14.0. The summed E-state index contributed by atoms with van der Waals surface area (Å²) >= 11 is 0. The molecule has 4 nitrogen and oxygen atoms in total. The van der Waals surface area contributed by atoms with Crippen molar-refractivity contribution in [2.45, 2.75) is 0 Å². The Morgan fingerprint density at radius 1 is 0.333 bits per heavy atom. The van der Waals surface area contributed by atoms with Crippen LogP contribution in [-0.4, -0.2) is 19.9 Å². The zero-order chi connectivity index (χ0) is 27.9. The first-order chi connectivity index (χ1) is 20.8. The second-order valence-electron chi connectivity index (χ2n) is 10.4. The van der Waals surface area contributed by atoms with E-state index in [9.17, 15) is 0 Å². The number of para-hydroxylation sites is 1. The molecular formula is C38H24N4. The third kappa shape index (κ3) is 4.45. The van der Waals surface area contributed by atoms with Crippen LogP contribution in [0.15, 0.2) is 146 Å². The van der Waals surface area contributed by atoms with Crippen LogP contribution in [0.25, 0.3) is 77.6 Å². The van der Waals surface area contributed by atoms with E-state index in [0.29, 0.717) is 0 Å². The van der Waals surface area contributed by atoms with Gasteiger partial charge in [0.05, 0.1) is 33.6 Å². The van der Waals surface area contributed by atoms with Gasteiger partial charge < -0.3 is 0 Å². The van der Waals surface area contributed by atoms with Crippen molar-refractivity contribution in [1.82, 2.24) is 19.9 Å². The molecule has 0 aliphatic heterocycles. The molecule has 4 aromatic carbocycles. The number of aromatic nitrogens is 4. The second-order valence-corrected chi connectivity index (χ2v) is 10.4. The second kappa shape index (κ2) is 10.0. The van der Waals surface area contributed by atoms with Crippen molar-refractivity contribution in [2.24, 2.45) is 0 Å². The van der Waals surface area contributed by atoms with Crippen molar-refractivity contribution in [3.05, 3.63) is 146 Å². The molecule has 0 saturated carbocycles. The summed E-state index contributed by atoms with van der Waals surface area (Å²) in [6.45, 7) is 0. The Bertz CT molecular complexity index is 2260. The minimum absolute atomic E-state index is 0.867. The highest BCUT2D eigenvalue weighted by Gasteiger charge is 2.09. The van der Waals surface area contributed by atoms with Crippen molar-refractivity contribution in [3.8, 4) is 44.9 Å². The Labute approximate surface area is 243 Å². The quantitative estimate of drug-likeness (QED) is 0.225. The molecule has 0 fully saturated rings. The lowest BCUT2D eigenvalue weighted by Crippen LogP contribution is -1.89. The molecule has 0 unspecified atom stereocenters. The predicted octanol–water partition coefficient (Wildman–Crippen LogP) is 9.39. The fourth-order valence-corrected chi connectivity index (χ4v) is 5.50. The molecule has 42 heavy (non-hydrogen) atoms. The summed E-state index contributed by atoms with van der Waals surface area (Å²) in [5, 5.41) is 3.34. The van der Waals surface area contributed by atoms with Crippen molar-refractivity contribution in [3.63, 3.8) is 0 Å². The maximum Gasteiger partial charge on any atom is 0.0893 e. The van der Waals surface area contributed by atoms with Gasteiger partial charge >= 0.3 is 0 Å². The SMILES string of the molecule is c1ccc(-c2ccc3ccc(-c4ccc5ccc(-c6cccc(-c7cnc8ccccc8c7)c6)nc5c4)cc3n2)nc1. The molecule has 0 aliphatic rings. The van der Waals surface area contributed by atoms with Crippen LogP contribution in [0.3, 0.4) is 0 Å². The third-order valence-corrected chi connectivity index (χ3v) is 7.73. The first kappa shape index (κ1) is 24.1. The van der Waals surface area contributed by atoms with Crippen LogP contribution in [0.5, 0.6) is 0 Å². The van der Waals surface area contributed by atoms with E-state index in [1.54, 1.807) is 6.20 Å². The van der Waals surface area contributed by atoms with Crippen LogP contribution >= 0.6 is 0 Å². The van der Waals surface area contributed by atoms with E-state index < -0.39 is 0 Å². The minimum atomic E-state index is 0.867. The van der Waals surface area contributed by atoms with E-state index in [4.69, 9.17) is 9.97 Å². The number of nitrogens with zero attached hydrogens (tertiary/aromatic N) is 4. The molecule has 0 atom stereocenters. The van der Waals surface area contributed by atoms with Gasteiger partial charge in [-0.05, 0) is 71.3 Å². The average molecular weight is 537 g/mol. The summed E-state index contributed by atoms with van der Waals surface area (Å²) in [5.74, 6) is 0. The first-order valence-corrected chi connectivity index (χ1v) is 14.0. The van der Waals surface area contributed by atoms with Gasteiger partial charge in [0.25, 0.3) is 0 Å². The summed E-state index contributed by atoms with van der Waals surface area (Å²) in [6, 6.07) is 46.1. The van der Waals surface area contributed by atoms with Gasteiger partial charge in [0, 0.05) is 39.7 Å². The van der Waals surface area contributed by atoms with E-state index in [2.05, 4.69) is 101 Å². The highest BCUT2D eigenvalue weighted by molar-refractivity contribution is 5.90. The molecule has 4 aromatic heterocycles. The molecule has 0 amide bonds. The van der Waals surface area contributed by atoms with E-state index in [-0.39, 0.29) is 0 Å². The molecule has 0 aliphatic carbocycles. The van der Waals surface area contributed by atoms with Crippen molar-refractivity contribution in [1.29, 1.82) is 0 Å². The molecule has 8 rings (SSSR count). The van der Waals surface area contributed by atoms with E-state index >= 15 is 0 Å². The van der Waals surface area contributed by atoms with Crippen LogP contribution < -0.4 is 0 Å². The molecule has 0 saturated heterocycles. The van der Waals surface area contributed by atoms with Crippen LogP contribution in [0.4, 0.5) is 0 Å². The highest BCUT2D eigenvalue weighted by atomic mass is 14.8. The number of pyridine rings is 4. The molecule has 196 valence electrons. The monoisotopic (exact) mass is 536 g/mol. The number of rotatable bonds is 4. The minimum Gasteiger partial charge on any atom is -0.256 e. The van der Waals surface area contributed by atoms with Crippen LogP contribution in [0.1, 0.15) is 0 Å². The predicted molar refractivity (Wildman–Crippen MR) is 172 cm³/mol. The Kier molecular flexibility index (Phi) is 5.75. The topological polar surface area (TPSA) is 51.6 Å². The van der Waals surface area contributed by atoms with E-state index in [0.717, 1.165) is 77.6 Å². The summed E-state index contributed by atoms with van der Waals surface area (Å²) in [4.78, 5) is 19.1. The highest BCUT2D eigenvalue weighted by Crippen LogP contribution is 2.31. The Morgan fingerprint density at radius 3 is 1.79 bits per heavy atom. The molecule has 8 aromatic rings. The molecule has 0 bridgehead atoms. The maximum atomic E-state index is 5.09. The number of benzene rings is 4. The summed E-state index contributed by atoms with van der Waals surface area (Å²) in [6.07, 6.45) is 3.74. The lowest BCUT2D eigenvalue weighted by atomic mass is 10.00. The van der Waals surface area contributed by atoms with Gasteiger partial charge in [-0.25, -0.2) is 9.97 Å². The third-order valence-electron chi connectivity index (χ3n) is 7.73. The van der Waals surface area contributed by atoms with Crippen molar-refractivity contribution in [2.75, 3.05) is 0 Å². The molecule has 0 radical (unpaired) electrons.